The topological polar surface area (TPSA) is 160 Å². The van der Waals surface area contributed by atoms with Crippen molar-refractivity contribution >= 4 is 51.3 Å². The average molecular weight is 532 g/mol. The molecule has 2 aromatic heterocycles. The molecule has 0 saturated carbocycles. The van der Waals surface area contributed by atoms with E-state index in [0.29, 0.717) is 16.9 Å². The fraction of sp³-hybridized carbons (Fsp3) is 0.192. The van der Waals surface area contributed by atoms with Crippen LogP contribution in [0.25, 0.3) is 54.7 Å². The maximum Gasteiger partial charge on any atom is 0.469 e. The first-order chi connectivity index (χ1) is 18.3. The lowest BCUT2D eigenvalue weighted by Crippen LogP contribution is -2.33. The summed E-state index contributed by atoms with van der Waals surface area (Å²) in [5.74, 6) is 0. The summed E-state index contributed by atoms with van der Waals surface area (Å²) in [6, 6.07) is 18.7. The van der Waals surface area contributed by atoms with Gasteiger partial charge in [-0.25, -0.2) is 19.5 Å². The molecule has 0 aliphatic carbocycles. The van der Waals surface area contributed by atoms with Gasteiger partial charge in [0.15, 0.2) is 11.9 Å². The van der Waals surface area contributed by atoms with Crippen molar-refractivity contribution < 1.29 is 33.8 Å². The zero-order chi connectivity index (χ0) is 26.2. The molecule has 4 aromatic carbocycles. The highest BCUT2D eigenvalue weighted by Gasteiger charge is 2.45. The smallest absolute Gasteiger partial charge is 0.387 e. The number of hydrogen-bond acceptors (Lipinski definition) is 8. The number of fused-ring (bicyclic) bond motifs is 1. The molecular formula is C26H21N4O7P. The first-order valence-electron chi connectivity index (χ1n) is 11.9. The number of rotatable bonds is 5. The fourth-order valence-electron chi connectivity index (χ4n) is 5.44. The van der Waals surface area contributed by atoms with Crippen molar-refractivity contribution in [1.29, 1.82) is 0 Å². The zero-order valence-electron chi connectivity index (χ0n) is 19.6. The van der Waals surface area contributed by atoms with Crippen LogP contribution in [0.15, 0.2) is 67.3 Å². The Labute approximate surface area is 214 Å². The van der Waals surface area contributed by atoms with E-state index >= 15 is 0 Å². The van der Waals surface area contributed by atoms with Gasteiger partial charge in [0.1, 0.15) is 35.8 Å². The zero-order valence-corrected chi connectivity index (χ0v) is 20.5. The molecule has 0 amide bonds. The van der Waals surface area contributed by atoms with Gasteiger partial charge in [-0.15, -0.1) is 0 Å². The maximum absolute atomic E-state index is 11.1. The molecule has 0 spiro atoms. The highest BCUT2D eigenvalue weighted by molar-refractivity contribution is 7.46. The molecule has 0 bridgehead atoms. The summed E-state index contributed by atoms with van der Waals surface area (Å²) in [7, 11) is -4.78. The summed E-state index contributed by atoms with van der Waals surface area (Å²) in [4.78, 5) is 31.4. The first kappa shape index (κ1) is 23.6. The SMILES string of the molecule is O=P(O)(O)OC[C@H]1O[C@@H](n2cnc3c(-c4ccc5ccc6cccc7ccc4c5c67)ncnc32)[C@H](O)[C@@H]1O. The molecule has 6 aromatic rings. The number of hydrogen-bond donors (Lipinski definition) is 4. The van der Waals surface area contributed by atoms with Gasteiger partial charge in [-0.3, -0.25) is 9.09 Å². The number of phosphoric acid groups is 1. The number of imidazole rings is 1. The summed E-state index contributed by atoms with van der Waals surface area (Å²) in [5, 5.41) is 27.8. The molecule has 0 radical (unpaired) electrons. The van der Waals surface area contributed by atoms with Gasteiger partial charge in [-0.05, 0) is 32.3 Å². The minimum Gasteiger partial charge on any atom is -0.387 e. The van der Waals surface area contributed by atoms with Crippen LogP contribution in [0.5, 0.6) is 0 Å². The van der Waals surface area contributed by atoms with Crippen molar-refractivity contribution in [3.63, 3.8) is 0 Å². The lowest BCUT2D eigenvalue weighted by molar-refractivity contribution is -0.0504. The Morgan fingerprint density at radius 3 is 2.37 bits per heavy atom. The largest absolute Gasteiger partial charge is 0.469 e. The molecule has 1 aliphatic rings. The predicted octanol–water partition coefficient (Wildman–Crippen LogP) is 3.12. The quantitative estimate of drug-likeness (QED) is 0.192. The standard InChI is InChI=1S/C26H21N4O7P/c31-23-18(10-36-38(33,34)35)37-26(24(23)32)30-12-29-22-21(27-11-28-25(22)30)17-9-7-15-5-4-13-2-1-3-14-6-8-16(17)20(15)19(13)14/h1-9,11-12,18,23-24,26,31-32H,10H2,(H2,33,34,35)/t18-,23-,24-,26-/m1/s1. The summed E-state index contributed by atoms with van der Waals surface area (Å²) < 4.78 is 22.7. The highest BCUT2D eigenvalue weighted by Crippen LogP contribution is 2.41. The van der Waals surface area contributed by atoms with Crippen LogP contribution in [0, 0.1) is 0 Å². The summed E-state index contributed by atoms with van der Waals surface area (Å²) in [5.41, 5.74) is 2.31. The monoisotopic (exact) mass is 532 g/mol. The minimum atomic E-state index is -4.78. The van der Waals surface area contributed by atoms with E-state index in [4.69, 9.17) is 14.5 Å². The number of nitrogens with zero attached hydrogens (tertiary/aromatic N) is 4. The van der Waals surface area contributed by atoms with Crippen LogP contribution in [0.1, 0.15) is 6.23 Å². The molecule has 38 heavy (non-hydrogen) atoms. The van der Waals surface area contributed by atoms with Gasteiger partial charge in [0, 0.05) is 5.56 Å². The van der Waals surface area contributed by atoms with Gasteiger partial charge < -0.3 is 24.7 Å². The lowest BCUT2D eigenvalue weighted by Gasteiger charge is -2.17. The van der Waals surface area contributed by atoms with E-state index < -0.39 is 39.0 Å². The molecule has 1 aliphatic heterocycles. The number of phosphoric ester groups is 1. The molecule has 12 heteroatoms. The Morgan fingerprint density at radius 2 is 1.61 bits per heavy atom. The van der Waals surface area contributed by atoms with E-state index in [1.165, 1.54) is 22.6 Å². The van der Waals surface area contributed by atoms with Crippen molar-refractivity contribution in [2.75, 3.05) is 6.61 Å². The van der Waals surface area contributed by atoms with Crippen molar-refractivity contribution in [3.8, 4) is 11.3 Å². The van der Waals surface area contributed by atoms with Crippen molar-refractivity contribution in [2.45, 2.75) is 24.5 Å². The maximum atomic E-state index is 11.1. The van der Waals surface area contributed by atoms with E-state index in [-0.39, 0.29) is 0 Å². The molecule has 7 rings (SSSR count). The second-order valence-corrected chi connectivity index (χ2v) is 10.6. The first-order valence-corrected chi connectivity index (χ1v) is 13.4. The van der Waals surface area contributed by atoms with Gasteiger partial charge in [0.25, 0.3) is 0 Å². The van der Waals surface area contributed by atoms with Crippen LogP contribution in [-0.4, -0.2) is 64.4 Å². The molecule has 1 fully saturated rings. The van der Waals surface area contributed by atoms with Gasteiger partial charge in [-0.2, -0.15) is 0 Å². The molecule has 192 valence electrons. The Morgan fingerprint density at radius 1 is 0.895 bits per heavy atom. The third-order valence-corrected chi connectivity index (χ3v) is 7.65. The third-order valence-electron chi connectivity index (χ3n) is 7.16. The van der Waals surface area contributed by atoms with Crippen molar-refractivity contribution in [1.82, 2.24) is 19.5 Å². The Balaban J connectivity index is 1.34. The number of benzene rings is 4. The molecule has 11 nitrogen and oxygen atoms in total. The molecule has 4 N–H and O–H groups in total. The van der Waals surface area contributed by atoms with E-state index in [0.717, 1.165) is 32.5 Å². The average Bonchev–Trinajstić information content (AvgIpc) is 3.46. The van der Waals surface area contributed by atoms with Gasteiger partial charge in [-0.1, -0.05) is 54.6 Å². The second-order valence-electron chi connectivity index (χ2n) is 9.35. The van der Waals surface area contributed by atoms with Crippen molar-refractivity contribution in [2.24, 2.45) is 0 Å². The molecule has 4 atom stereocenters. The van der Waals surface area contributed by atoms with Crippen LogP contribution in [0.2, 0.25) is 0 Å². The highest BCUT2D eigenvalue weighted by atomic mass is 31.2. The predicted molar refractivity (Wildman–Crippen MR) is 138 cm³/mol. The summed E-state index contributed by atoms with van der Waals surface area (Å²) in [6.45, 7) is -0.603. The fourth-order valence-corrected chi connectivity index (χ4v) is 5.79. The number of ether oxygens (including phenoxy) is 1. The Kier molecular flexibility index (Phi) is 5.26. The van der Waals surface area contributed by atoms with Crippen LogP contribution in [-0.2, 0) is 13.8 Å². The number of aromatic nitrogens is 4. The van der Waals surface area contributed by atoms with E-state index in [1.807, 2.05) is 12.1 Å². The summed E-state index contributed by atoms with van der Waals surface area (Å²) >= 11 is 0. The second kappa shape index (κ2) is 8.48. The number of aliphatic hydroxyl groups excluding tert-OH is 2. The molecule has 0 unspecified atom stereocenters. The van der Waals surface area contributed by atoms with E-state index in [2.05, 4.69) is 61.9 Å². The van der Waals surface area contributed by atoms with Crippen LogP contribution >= 0.6 is 7.82 Å². The lowest BCUT2D eigenvalue weighted by atomic mass is 9.91. The van der Waals surface area contributed by atoms with Crippen LogP contribution in [0.3, 0.4) is 0 Å². The van der Waals surface area contributed by atoms with Crippen molar-refractivity contribution in [3.05, 3.63) is 67.3 Å². The van der Waals surface area contributed by atoms with Gasteiger partial charge in [0.05, 0.1) is 12.9 Å². The Bertz CT molecular complexity index is 1870. The third kappa shape index (κ3) is 3.60. The number of aliphatic hydroxyl groups is 2. The molecule has 1 saturated heterocycles. The molecular weight excluding hydrogens is 511 g/mol. The van der Waals surface area contributed by atoms with E-state index in [9.17, 15) is 14.8 Å². The molecule has 3 heterocycles. The van der Waals surface area contributed by atoms with Gasteiger partial charge in [0.2, 0.25) is 0 Å². The minimum absolute atomic E-state index is 0.369. The van der Waals surface area contributed by atoms with E-state index in [1.54, 1.807) is 0 Å². The van der Waals surface area contributed by atoms with Crippen LogP contribution < -0.4 is 0 Å². The Hall–Kier alpha value is -3.54. The van der Waals surface area contributed by atoms with Crippen LogP contribution in [0.4, 0.5) is 0 Å². The van der Waals surface area contributed by atoms with Gasteiger partial charge >= 0.3 is 7.82 Å². The summed E-state index contributed by atoms with van der Waals surface area (Å²) in [6.07, 6.45) is -2.29. The normalized spacial score (nSPS) is 22.4.